The van der Waals surface area contributed by atoms with Crippen LogP contribution in [0.5, 0.6) is 5.75 Å². The lowest BCUT2D eigenvalue weighted by molar-refractivity contribution is -0.146. The molecule has 198 valence electrons. The number of para-hydroxylation sites is 1. The molecule has 6 heteroatoms. The Labute approximate surface area is 217 Å². The predicted molar refractivity (Wildman–Crippen MR) is 145 cm³/mol. The fraction of sp³-hybridized carbons (Fsp3) is 0.533. The summed E-state index contributed by atoms with van der Waals surface area (Å²) >= 11 is 0. The van der Waals surface area contributed by atoms with E-state index in [-0.39, 0.29) is 31.0 Å². The van der Waals surface area contributed by atoms with E-state index in [0.29, 0.717) is 18.7 Å². The summed E-state index contributed by atoms with van der Waals surface area (Å²) < 4.78 is 11.2. The molecule has 0 amide bonds. The number of unbranched alkanes of at least 4 members (excludes halogenated alkanes) is 6. The van der Waals surface area contributed by atoms with Crippen molar-refractivity contribution < 1.29 is 19.1 Å². The van der Waals surface area contributed by atoms with Crippen LogP contribution >= 0.6 is 0 Å². The summed E-state index contributed by atoms with van der Waals surface area (Å²) in [5, 5.41) is 3.43. The van der Waals surface area contributed by atoms with Gasteiger partial charge in [0.15, 0.2) is 0 Å². The number of carbonyl (C=O) groups excluding carboxylic acids is 2. The van der Waals surface area contributed by atoms with Crippen molar-refractivity contribution in [2.75, 3.05) is 20.6 Å². The summed E-state index contributed by atoms with van der Waals surface area (Å²) in [5.74, 6) is -0.0711. The third kappa shape index (κ3) is 12.8. The number of nitrogens with one attached hydrogen (secondary N) is 1. The summed E-state index contributed by atoms with van der Waals surface area (Å²) in [6.45, 7) is 3.06. The number of rotatable bonds is 18. The summed E-state index contributed by atoms with van der Waals surface area (Å²) in [6, 6.07) is 18.1. The molecule has 2 aromatic carbocycles. The highest BCUT2D eigenvalue weighted by atomic mass is 16.5. The van der Waals surface area contributed by atoms with E-state index in [0.717, 1.165) is 18.4 Å². The maximum Gasteiger partial charge on any atom is 0.328 e. The Bertz CT molecular complexity index is 858. The van der Waals surface area contributed by atoms with Crippen molar-refractivity contribution in [2.24, 2.45) is 0 Å². The van der Waals surface area contributed by atoms with E-state index in [1.54, 1.807) is 12.1 Å². The molecule has 1 N–H and O–H groups in total. The molecule has 2 rings (SSSR count). The lowest BCUT2D eigenvalue weighted by atomic mass is 10.0. The van der Waals surface area contributed by atoms with E-state index in [1.165, 1.54) is 32.1 Å². The first-order chi connectivity index (χ1) is 17.5. The third-order valence-electron chi connectivity index (χ3n) is 6.02. The molecule has 0 aliphatic carbocycles. The van der Waals surface area contributed by atoms with Crippen LogP contribution in [0.4, 0.5) is 0 Å². The van der Waals surface area contributed by atoms with Crippen molar-refractivity contribution in [1.29, 1.82) is 0 Å². The van der Waals surface area contributed by atoms with Crippen molar-refractivity contribution >= 4 is 11.9 Å². The number of hydrogen-bond acceptors (Lipinski definition) is 6. The lowest BCUT2D eigenvalue weighted by Gasteiger charge is -2.26. The molecule has 0 heterocycles. The molecule has 1 unspecified atom stereocenters. The van der Waals surface area contributed by atoms with Crippen molar-refractivity contribution in [3.63, 3.8) is 0 Å². The van der Waals surface area contributed by atoms with E-state index in [1.807, 2.05) is 67.5 Å². The van der Waals surface area contributed by atoms with Crippen LogP contribution in [0, 0.1) is 0 Å². The normalized spacial score (nSPS) is 12.8. The van der Waals surface area contributed by atoms with Gasteiger partial charge in [-0.15, -0.1) is 0 Å². The predicted octanol–water partition coefficient (Wildman–Crippen LogP) is 5.75. The first-order valence-corrected chi connectivity index (χ1v) is 13.3. The molecule has 0 aliphatic heterocycles. The lowest BCUT2D eigenvalue weighted by Crippen LogP contribution is -2.49. The molecule has 0 bridgehead atoms. The van der Waals surface area contributed by atoms with Crippen LogP contribution in [0.25, 0.3) is 0 Å². The SMILES string of the molecule is CCCCCCCCCC(N[C@H](CC(=O)OCc1ccccc1)CN(C)C)C(=O)Oc1ccccc1. The van der Waals surface area contributed by atoms with Crippen molar-refractivity contribution in [1.82, 2.24) is 10.2 Å². The first kappa shape index (κ1) is 29.5. The Balaban J connectivity index is 1.97. The highest BCUT2D eigenvalue weighted by Gasteiger charge is 2.26. The zero-order valence-electron chi connectivity index (χ0n) is 22.3. The third-order valence-corrected chi connectivity index (χ3v) is 6.02. The molecular weight excluding hydrogens is 452 g/mol. The molecule has 0 aromatic heterocycles. The first-order valence-electron chi connectivity index (χ1n) is 13.3. The smallest absolute Gasteiger partial charge is 0.328 e. The van der Waals surface area contributed by atoms with E-state index >= 15 is 0 Å². The number of benzene rings is 2. The fourth-order valence-electron chi connectivity index (χ4n) is 4.15. The fourth-order valence-corrected chi connectivity index (χ4v) is 4.15. The van der Waals surface area contributed by atoms with Crippen LogP contribution in [0.2, 0.25) is 0 Å². The van der Waals surface area contributed by atoms with Gasteiger partial charge in [-0.3, -0.25) is 10.1 Å². The minimum absolute atomic E-state index is 0.178. The Morgan fingerprint density at radius 1 is 0.861 bits per heavy atom. The number of nitrogens with zero attached hydrogens (tertiary/aromatic N) is 1. The Kier molecular flexibility index (Phi) is 14.5. The molecule has 0 aliphatic rings. The molecular formula is C30H44N2O4. The van der Waals surface area contributed by atoms with Gasteiger partial charge in [0.1, 0.15) is 18.4 Å². The number of hydrogen-bond donors (Lipinski definition) is 1. The average molecular weight is 497 g/mol. The van der Waals surface area contributed by atoms with Crippen LogP contribution in [-0.2, 0) is 20.9 Å². The zero-order chi connectivity index (χ0) is 26.0. The van der Waals surface area contributed by atoms with Crippen molar-refractivity contribution in [3.8, 4) is 5.75 Å². The van der Waals surface area contributed by atoms with Gasteiger partial charge in [0, 0.05) is 12.6 Å². The van der Waals surface area contributed by atoms with E-state index in [2.05, 4.69) is 12.2 Å². The Morgan fingerprint density at radius 3 is 2.11 bits per heavy atom. The van der Waals surface area contributed by atoms with Gasteiger partial charge in [0.2, 0.25) is 0 Å². The highest BCUT2D eigenvalue weighted by molar-refractivity contribution is 5.78. The second-order valence-corrected chi connectivity index (χ2v) is 9.67. The van der Waals surface area contributed by atoms with E-state index in [9.17, 15) is 9.59 Å². The van der Waals surface area contributed by atoms with E-state index < -0.39 is 6.04 Å². The summed E-state index contributed by atoms with van der Waals surface area (Å²) in [5.41, 5.74) is 0.950. The second-order valence-electron chi connectivity index (χ2n) is 9.67. The maximum atomic E-state index is 13.1. The minimum atomic E-state index is -0.493. The monoisotopic (exact) mass is 496 g/mol. The highest BCUT2D eigenvalue weighted by Crippen LogP contribution is 2.15. The quantitative estimate of drug-likeness (QED) is 0.161. The number of esters is 2. The maximum absolute atomic E-state index is 13.1. The van der Waals surface area contributed by atoms with Gasteiger partial charge in [-0.1, -0.05) is 100 Å². The molecule has 2 atom stereocenters. The Morgan fingerprint density at radius 2 is 1.47 bits per heavy atom. The van der Waals surface area contributed by atoms with Gasteiger partial charge in [-0.25, -0.2) is 4.79 Å². The van der Waals surface area contributed by atoms with Crippen LogP contribution in [0.3, 0.4) is 0 Å². The van der Waals surface area contributed by atoms with Gasteiger partial charge in [0.05, 0.1) is 6.42 Å². The molecule has 0 spiro atoms. The van der Waals surface area contributed by atoms with Crippen molar-refractivity contribution in [3.05, 3.63) is 66.2 Å². The van der Waals surface area contributed by atoms with Crippen LogP contribution in [0.1, 0.15) is 70.3 Å². The zero-order valence-corrected chi connectivity index (χ0v) is 22.3. The largest absolute Gasteiger partial charge is 0.461 e. The second kappa shape index (κ2) is 17.7. The molecule has 0 saturated carbocycles. The van der Waals surface area contributed by atoms with Gasteiger partial charge in [0.25, 0.3) is 0 Å². The Hall–Kier alpha value is -2.70. The number of carbonyl (C=O) groups is 2. The standard InChI is InChI=1S/C30H44N2O4/c1-4-5-6-7-8-9-16-21-28(30(34)36-27-19-14-11-15-20-27)31-26(23-32(2)3)22-29(33)35-24-25-17-12-10-13-18-25/h10-15,17-20,26,28,31H,4-9,16,21-24H2,1-3H3/t26-,28?/m1/s1. The van der Waals surface area contributed by atoms with E-state index in [4.69, 9.17) is 9.47 Å². The topological polar surface area (TPSA) is 67.9 Å². The minimum Gasteiger partial charge on any atom is -0.461 e. The molecule has 6 nitrogen and oxygen atoms in total. The van der Waals surface area contributed by atoms with Crippen molar-refractivity contribution in [2.45, 2.75) is 83.4 Å². The summed E-state index contributed by atoms with van der Waals surface area (Å²) in [7, 11) is 3.91. The molecule has 0 saturated heterocycles. The van der Waals surface area contributed by atoms with Crippen LogP contribution in [-0.4, -0.2) is 49.6 Å². The number of likely N-dealkylation sites (N-methyl/N-ethyl adjacent to an activating group) is 1. The summed E-state index contributed by atoms with van der Waals surface area (Å²) in [4.78, 5) is 27.8. The molecule has 2 aromatic rings. The molecule has 0 radical (unpaired) electrons. The number of ether oxygens (including phenoxy) is 2. The van der Waals surface area contributed by atoms with Gasteiger partial charge in [-0.2, -0.15) is 0 Å². The van der Waals surface area contributed by atoms with Gasteiger partial charge in [-0.05, 0) is 38.2 Å². The van der Waals surface area contributed by atoms with Gasteiger partial charge < -0.3 is 14.4 Å². The molecule has 36 heavy (non-hydrogen) atoms. The average Bonchev–Trinajstić information content (AvgIpc) is 2.87. The molecule has 0 fully saturated rings. The summed E-state index contributed by atoms with van der Waals surface area (Å²) in [6.07, 6.45) is 9.05. The van der Waals surface area contributed by atoms with Crippen LogP contribution < -0.4 is 10.1 Å². The van der Waals surface area contributed by atoms with Crippen LogP contribution in [0.15, 0.2) is 60.7 Å². The van der Waals surface area contributed by atoms with Gasteiger partial charge >= 0.3 is 11.9 Å².